The van der Waals surface area contributed by atoms with E-state index in [1.807, 2.05) is 49.4 Å². The summed E-state index contributed by atoms with van der Waals surface area (Å²) < 4.78 is 5.99. The highest BCUT2D eigenvalue weighted by atomic mass is 16.5. The van der Waals surface area contributed by atoms with Gasteiger partial charge in [-0.15, -0.1) is 0 Å². The first kappa shape index (κ1) is 16.4. The van der Waals surface area contributed by atoms with E-state index < -0.39 is 0 Å². The minimum atomic E-state index is -0.107. The first-order valence-electron chi connectivity index (χ1n) is 8.56. The Morgan fingerprint density at radius 2 is 2.04 bits per heavy atom. The fourth-order valence-electron chi connectivity index (χ4n) is 2.99. The summed E-state index contributed by atoms with van der Waals surface area (Å²) in [4.78, 5) is 14.7. The number of aryl methyl sites for hydroxylation is 2. The second-order valence-corrected chi connectivity index (χ2v) is 6.17. The number of hydrogen-bond acceptors (Lipinski definition) is 2. The van der Waals surface area contributed by atoms with Crippen molar-refractivity contribution in [2.45, 2.75) is 39.7 Å². The Labute approximate surface area is 143 Å². The third kappa shape index (κ3) is 3.23. The molecule has 24 heavy (non-hydrogen) atoms. The number of ether oxygens (including phenoxy) is 1. The molecule has 1 aliphatic heterocycles. The second-order valence-electron chi connectivity index (χ2n) is 6.17. The molecule has 0 saturated carbocycles. The SMILES string of the molecule is CCc1ccccc1NC(=O)N1CC(CC)Oc2ccc(C)cc21. The lowest BCUT2D eigenvalue weighted by Crippen LogP contribution is -2.45. The molecule has 0 aromatic heterocycles. The number of urea groups is 1. The Kier molecular flexibility index (Phi) is 4.74. The molecule has 1 unspecified atom stereocenters. The van der Waals surface area contributed by atoms with Gasteiger partial charge in [-0.05, 0) is 49.1 Å². The van der Waals surface area contributed by atoms with Gasteiger partial charge >= 0.3 is 6.03 Å². The molecule has 126 valence electrons. The molecule has 0 aliphatic carbocycles. The van der Waals surface area contributed by atoms with E-state index in [-0.39, 0.29) is 12.1 Å². The fraction of sp³-hybridized carbons (Fsp3) is 0.350. The van der Waals surface area contributed by atoms with Crippen molar-refractivity contribution in [1.82, 2.24) is 0 Å². The molecule has 0 spiro atoms. The smallest absolute Gasteiger partial charge is 0.326 e. The first-order chi connectivity index (χ1) is 11.6. The second kappa shape index (κ2) is 6.95. The van der Waals surface area contributed by atoms with E-state index in [4.69, 9.17) is 4.74 Å². The van der Waals surface area contributed by atoms with Gasteiger partial charge in [-0.2, -0.15) is 0 Å². The van der Waals surface area contributed by atoms with Gasteiger partial charge in [0.2, 0.25) is 0 Å². The van der Waals surface area contributed by atoms with Gasteiger partial charge in [-0.1, -0.05) is 38.1 Å². The maximum Gasteiger partial charge on any atom is 0.326 e. The number of nitrogens with zero attached hydrogens (tertiary/aromatic N) is 1. The summed E-state index contributed by atoms with van der Waals surface area (Å²) in [6.45, 7) is 6.75. The molecule has 2 aromatic rings. The highest BCUT2D eigenvalue weighted by molar-refractivity contribution is 6.03. The molecular formula is C20H24N2O2. The number of para-hydroxylation sites is 1. The molecular weight excluding hydrogens is 300 g/mol. The molecule has 0 saturated heterocycles. The number of carbonyl (C=O) groups is 1. The summed E-state index contributed by atoms with van der Waals surface area (Å²) in [6, 6.07) is 13.8. The third-order valence-corrected chi connectivity index (χ3v) is 4.43. The van der Waals surface area contributed by atoms with E-state index in [2.05, 4.69) is 19.2 Å². The van der Waals surface area contributed by atoms with Crippen LogP contribution in [0.15, 0.2) is 42.5 Å². The molecule has 4 heteroatoms. The van der Waals surface area contributed by atoms with E-state index in [0.29, 0.717) is 6.54 Å². The number of benzene rings is 2. The number of hydrogen-bond donors (Lipinski definition) is 1. The van der Waals surface area contributed by atoms with Gasteiger partial charge < -0.3 is 10.1 Å². The van der Waals surface area contributed by atoms with Crippen molar-refractivity contribution in [2.75, 3.05) is 16.8 Å². The van der Waals surface area contributed by atoms with Crippen LogP contribution < -0.4 is 15.0 Å². The largest absolute Gasteiger partial charge is 0.486 e. The van der Waals surface area contributed by atoms with Crippen LogP contribution in [0.5, 0.6) is 5.75 Å². The van der Waals surface area contributed by atoms with Gasteiger partial charge in [-0.3, -0.25) is 4.90 Å². The maximum absolute atomic E-state index is 12.9. The molecule has 0 bridgehead atoms. The molecule has 2 aromatic carbocycles. The quantitative estimate of drug-likeness (QED) is 0.884. The molecule has 1 atom stereocenters. The van der Waals surface area contributed by atoms with Crippen molar-refractivity contribution in [3.8, 4) is 5.75 Å². The molecule has 1 heterocycles. The number of carbonyl (C=O) groups excluding carboxylic acids is 1. The van der Waals surface area contributed by atoms with Gasteiger partial charge in [0.15, 0.2) is 0 Å². The van der Waals surface area contributed by atoms with Crippen LogP contribution in [-0.2, 0) is 6.42 Å². The van der Waals surface area contributed by atoms with Crippen LogP contribution in [0.25, 0.3) is 0 Å². The molecule has 1 aliphatic rings. The summed E-state index contributed by atoms with van der Waals surface area (Å²) in [5.74, 6) is 0.776. The number of anilines is 2. The third-order valence-electron chi connectivity index (χ3n) is 4.43. The normalized spacial score (nSPS) is 16.3. The molecule has 1 N–H and O–H groups in total. The number of nitrogens with one attached hydrogen (secondary N) is 1. The van der Waals surface area contributed by atoms with Crippen LogP contribution in [0, 0.1) is 6.92 Å². The average molecular weight is 324 g/mol. The maximum atomic E-state index is 12.9. The van der Waals surface area contributed by atoms with Gasteiger partial charge in [-0.25, -0.2) is 4.79 Å². The van der Waals surface area contributed by atoms with Crippen LogP contribution in [0.2, 0.25) is 0 Å². The summed E-state index contributed by atoms with van der Waals surface area (Å²) >= 11 is 0. The zero-order chi connectivity index (χ0) is 17.1. The molecule has 4 nitrogen and oxygen atoms in total. The monoisotopic (exact) mass is 324 g/mol. The predicted molar refractivity (Wildman–Crippen MR) is 98.1 cm³/mol. The summed E-state index contributed by atoms with van der Waals surface area (Å²) in [6.07, 6.45) is 1.77. The van der Waals surface area contributed by atoms with Gasteiger partial charge in [0.25, 0.3) is 0 Å². The topological polar surface area (TPSA) is 41.6 Å². The summed E-state index contributed by atoms with van der Waals surface area (Å²) in [5.41, 5.74) is 3.96. The lowest BCUT2D eigenvalue weighted by molar-refractivity contribution is 0.188. The first-order valence-corrected chi connectivity index (χ1v) is 8.56. The van der Waals surface area contributed by atoms with Crippen molar-refractivity contribution in [1.29, 1.82) is 0 Å². The highest BCUT2D eigenvalue weighted by Gasteiger charge is 2.29. The van der Waals surface area contributed by atoms with E-state index in [9.17, 15) is 4.79 Å². The van der Waals surface area contributed by atoms with Crippen LogP contribution >= 0.6 is 0 Å². The van der Waals surface area contributed by atoms with Crippen molar-refractivity contribution >= 4 is 17.4 Å². The number of amides is 2. The summed E-state index contributed by atoms with van der Waals surface area (Å²) in [5, 5.41) is 3.07. The predicted octanol–water partition coefficient (Wildman–Crippen LogP) is 4.77. The molecule has 0 radical (unpaired) electrons. The van der Waals surface area contributed by atoms with Crippen molar-refractivity contribution in [2.24, 2.45) is 0 Å². The van der Waals surface area contributed by atoms with Crippen LogP contribution in [0.3, 0.4) is 0 Å². The Balaban J connectivity index is 1.90. The van der Waals surface area contributed by atoms with E-state index >= 15 is 0 Å². The van der Waals surface area contributed by atoms with Gasteiger partial charge in [0, 0.05) is 5.69 Å². The van der Waals surface area contributed by atoms with E-state index in [1.54, 1.807) is 4.90 Å². The Morgan fingerprint density at radius 3 is 2.79 bits per heavy atom. The minimum absolute atomic E-state index is 0.0207. The Morgan fingerprint density at radius 1 is 1.25 bits per heavy atom. The standard InChI is InChI=1S/C20H24N2O2/c1-4-15-8-6-7-9-17(15)21-20(23)22-13-16(5-2)24-19-11-10-14(3)12-18(19)22/h6-12,16H,4-5,13H2,1-3H3,(H,21,23). The number of rotatable bonds is 3. The molecule has 2 amide bonds. The lowest BCUT2D eigenvalue weighted by atomic mass is 10.1. The summed E-state index contributed by atoms with van der Waals surface area (Å²) in [7, 11) is 0. The fourth-order valence-corrected chi connectivity index (χ4v) is 2.99. The van der Waals surface area contributed by atoms with Crippen molar-refractivity contribution in [3.05, 3.63) is 53.6 Å². The van der Waals surface area contributed by atoms with Crippen molar-refractivity contribution < 1.29 is 9.53 Å². The van der Waals surface area contributed by atoms with Crippen LogP contribution in [-0.4, -0.2) is 18.7 Å². The van der Waals surface area contributed by atoms with Gasteiger partial charge in [0.1, 0.15) is 11.9 Å². The van der Waals surface area contributed by atoms with Crippen LogP contribution in [0.1, 0.15) is 31.4 Å². The van der Waals surface area contributed by atoms with Crippen LogP contribution in [0.4, 0.5) is 16.2 Å². The average Bonchev–Trinajstić information content (AvgIpc) is 2.61. The molecule has 3 rings (SSSR count). The molecule has 0 fully saturated rings. The van der Waals surface area contributed by atoms with E-state index in [0.717, 1.165) is 41.1 Å². The zero-order valence-electron chi connectivity index (χ0n) is 14.5. The van der Waals surface area contributed by atoms with Crippen molar-refractivity contribution in [3.63, 3.8) is 0 Å². The lowest BCUT2D eigenvalue weighted by Gasteiger charge is -2.35. The Hall–Kier alpha value is -2.49. The highest BCUT2D eigenvalue weighted by Crippen LogP contribution is 2.35. The minimum Gasteiger partial charge on any atom is -0.486 e. The zero-order valence-corrected chi connectivity index (χ0v) is 14.5. The Bertz CT molecular complexity index is 742. The number of fused-ring (bicyclic) bond motifs is 1. The van der Waals surface area contributed by atoms with E-state index in [1.165, 1.54) is 0 Å². The van der Waals surface area contributed by atoms with Gasteiger partial charge in [0.05, 0.1) is 12.2 Å².